The summed E-state index contributed by atoms with van der Waals surface area (Å²) in [5.74, 6) is 0.624. The van der Waals surface area contributed by atoms with E-state index in [0.29, 0.717) is 19.0 Å². The minimum Gasteiger partial charge on any atom is -0.356 e. The third kappa shape index (κ3) is 4.00. The van der Waals surface area contributed by atoms with Crippen molar-refractivity contribution in [3.05, 3.63) is 52.8 Å². The molecule has 1 aliphatic heterocycles. The first kappa shape index (κ1) is 18.3. The Hall–Kier alpha value is -2.51. The van der Waals surface area contributed by atoms with Gasteiger partial charge in [0.1, 0.15) is 0 Å². The molecule has 1 aromatic heterocycles. The number of alkyl halides is 3. The number of hydrogen-bond donors (Lipinski definition) is 1. The lowest BCUT2D eigenvalue weighted by atomic mass is 10.0. The number of benzene rings is 1. The summed E-state index contributed by atoms with van der Waals surface area (Å²) in [6.45, 7) is 4.00. The Balaban J connectivity index is 1.81. The Morgan fingerprint density at radius 3 is 2.69 bits per heavy atom. The second-order valence-corrected chi connectivity index (χ2v) is 6.28. The summed E-state index contributed by atoms with van der Waals surface area (Å²) in [5.41, 5.74) is 1.74. The number of aliphatic imine (C=N–C) groups is 1. The summed E-state index contributed by atoms with van der Waals surface area (Å²) in [6.07, 6.45) is -2.21. The lowest BCUT2D eigenvalue weighted by Crippen LogP contribution is -2.44. The van der Waals surface area contributed by atoms with Crippen molar-refractivity contribution in [2.24, 2.45) is 12.0 Å². The molecular formula is C18H22F3N5. The van der Waals surface area contributed by atoms with Crippen LogP contribution in [-0.4, -0.2) is 33.7 Å². The first-order chi connectivity index (χ1) is 12.4. The first-order valence-corrected chi connectivity index (χ1v) is 8.58. The van der Waals surface area contributed by atoms with Crippen molar-refractivity contribution in [3.63, 3.8) is 0 Å². The lowest BCUT2D eigenvalue weighted by molar-refractivity contribution is -0.142. The number of nitrogens with zero attached hydrogens (tertiary/aromatic N) is 4. The van der Waals surface area contributed by atoms with Crippen LogP contribution in [0.1, 0.15) is 29.3 Å². The van der Waals surface area contributed by atoms with Gasteiger partial charge in [0.05, 0.1) is 6.54 Å². The number of guanidine groups is 1. The van der Waals surface area contributed by atoms with Gasteiger partial charge < -0.3 is 10.2 Å². The topological polar surface area (TPSA) is 45.5 Å². The van der Waals surface area contributed by atoms with E-state index >= 15 is 0 Å². The zero-order valence-corrected chi connectivity index (χ0v) is 14.8. The molecule has 0 atom stereocenters. The lowest BCUT2D eigenvalue weighted by Gasteiger charge is -2.31. The van der Waals surface area contributed by atoms with Crippen LogP contribution in [0.3, 0.4) is 0 Å². The van der Waals surface area contributed by atoms with Crippen LogP contribution in [0.15, 0.2) is 35.5 Å². The largest absolute Gasteiger partial charge is 0.435 e. The van der Waals surface area contributed by atoms with Crippen LogP contribution in [0.5, 0.6) is 0 Å². The van der Waals surface area contributed by atoms with Gasteiger partial charge in [-0.3, -0.25) is 4.68 Å². The van der Waals surface area contributed by atoms with Crippen molar-refractivity contribution in [3.8, 4) is 0 Å². The molecule has 0 bridgehead atoms. The van der Waals surface area contributed by atoms with E-state index in [9.17, 15) is 13.2 Å². The van der Waals surface area contributed by atoms with Crippen molar-refractivity contribution < 1.29 is 13.2 Å². The van der Waals surface area contributed by atoms with Crippen LogP contribution in [-0.2, 0) is 32.7 Å². The van der Waals surface area contributed by atoms with Gasteiger partial charge in [0.2, 0.25) is 0 Å². The van der Waals surface area contributed by atoms with Gasteiger partial charge >= 0.3 is 6.18 Å². The fourth-order valence-electron chi connectivity index (χ4n) is 3.15. The maximum atomic E-state index is 13.1. The molecule has 0 fully saturated rings. The summed E-state index contributed by atoms with van der Waals surface area (Å²) in [4.78, 5) is 6.52. The SMILES string of the molecule is CCNC(=NCc1cn(C)nc1C(F)(F)F)N1CCc2ccccc2C1. The number of nitrogens with one attached hydrogen (secondary N) is 1. The van der Waals surface area contributed by atoms with Gasteiger partial charge in [-0.05, 0) is 24.5 Å². The Morgan fingerprint density at radius 2 is 2.00 bits per heavy atom. The van der Waals surface area contributed by atoms with Crippen molar-refractivity contribution in [1.82, 2.24) is 20.0 Å². The smallest absolute Gasteiger partial charge is 0.356 e. The third-order valence-electron chi connectivity index (χ3n) is 4.34. The number of hydrogen-bond acceptors (Lipinski definition) is 2. The Bertz CT molecular complexity index is 794. The minimum absolute atomic E-state index is 0.0663. The van der Waals surface area contributed by atoms with Crippen LogP contribution < -0.4 is 5.32 Å². The highest BCUT2D eigenvalue weighted by atomic mass is 19.4. The summed E-state index contributed by atoms with van der Waals surface area (Å²) < 4.78 is 40.5. The van der Waals surface area contributed by atoms with E-state index in [4.69, 9.17) is 0 Å². The second kappa shape index (κ2) is 7.39. The molecular weight excluding hydrogens is 343 g/mol. The molecule has 5 nitrogen and oxygen atoms in total. The number of aromatic nitrogens is 2. The predicted octanol–water partition coefficient (Wildman–Crippen LogP) is 2.96. The summed E-state index contributed by atoms with van der Waals surface area (Å²) in [5, 5.41) is 6.72. The first-order valence-electron chi connectivity index (χ1n) is 8.58. The van der Waals surface area contributed by atoms with Crippen LogP contribution in [0.25, 0.3) is 0 Å². The van der Waals surface area contributed by atoms with Gasteiger partial charge in [-0.25, -0.2) is 4.99 Å². The molecule has 1 N–H and O–H groups in total. The number of rotatable bonds is 3. The van der Waals surface area contributed by atoms with E-state index < -0.39 is 11.9 Å². The van der Waals surface area contributed by atoms with Crippen molar-refractivity contribution in [2.75, 3.05) is 13.1 Å². The van der Waals surface area contributed by atoms with Crippen molar-refractivity contribution >= 4 is 5.96 Å². The van der Waals surface area contributed by atoms with E-state index in [1.54, 1.807) is 0 Å². The normalized spacial score (nSPS) is 15.1. The number of fused-ring (bicyclic) bond motifs is 1. The zero-order chi connectivity index (χ0) is 18.7. The summed E-state index contributed by atoms with van der Waals surface area (Å²) in [6, 6.07) is 8.21. The van der Waals surface area contributed by atoms with Crippen LogP contribution in [0, 0.1) is 0 Å². The Morgan fingerprint density at radius 1 is 1.27 bits per heavy atom. The minimum atomic E-state index is -4.48. The van der Waals surface area contributed by atoms with Gasteiger partial charge in [0.15, 0.2) is 11.7 Å². The number of halogens is 3. The van der Waals surface area contributed by atoms with Gasteiger partial charge in [0, 0.05) is 38.4 Å². The number of aryl methyl sites for hydroxylation is 1. The molecule has 1 aromatic carbocycles. The third-order valence-corrected chi connectivity index (χ3v) is 4.34. The van der Waals surface area contributed by atoms with E-state index in [0.717, 1.165) is 13.0 Å². The standard InChI is InChI=1S/C18H22F3N5/c1-3-22-17(26-9-8-13-6-4-5-7-14(13)12-26)23-10-15-11-25(2)24-16(15)18(19,20)21/h4-7,11H,3,8-10,12H2,1-2H3,(H,22,23). The van der Waals surface area contributed by atoms with Crippen LogP contribution in [0.4, 0.5) is 13.2 Å². The van der Waals surface area contributed by atoms with Gasteiger partial charge in [-0.15, -0.1) is 0 Å². The summed E-state index contributed by atoms with van der Waals surface area (Å²) >= 11 is 0. The Kier molecular flexibility index (Phi) is 5.20. The maximum absolute atomic E-state index is 13.1. The highest BCUT2D eigenvalue weighted by Crippen LogP contribution is 2.31. The molecule has 0 amide bonds. The maximum Gasteiger partial charge on any atom is 0.435 e. The average molecular weight is 365 g/mol. The van der Waals surface area contributed by atoms with Gasteiger partial charge in [0.25, 0.3) is 0 Å². The van der Waals surface area contributed by atoms with Gasteiger partial charge in [-0.2, -0.15) is 18.3 Å². The van der Waals surface area contributed by atoms with E-state index in [-0.39, 0.29) is 12.1 Å². The van der Waals surface area contributed by atoms with Crippen molar-refractivity contribution in [1.29, 1.82) is 0 Å². The molecule has 2 heterocycles. The molecule has 0 aliphatic carbocycles. The zero-order valence-electron chi connectivity index (χ0n) is 14.8. The summed E-state index contributed by atoms with van der Waals surface area (Å²) in [7, 11) is 1.48. The van der Waals surface area contributed by atoms with Crippen LogP contribution in [0.2, 0.25) is 0 Å². The molecule has 3 rings (SSSR count). The second-order valence-electron chi connectivity index (χ2n) is 6.28. The molecule has 2 aromatic rings. The van der Waals surface area contributed by atoms with Crippen LogP contribution >= 0.6 is 0 Å². The molecule has 0 saturated carbocycles. The quantitative estimate of drug-likeness (QED) is 0.672. The average Bonchev–Trinajstić information content (AvgIpc) is 2.99. The fourth-order valence-corrected chi connectivity index (χ4v) is 3.15. The predicted molar refractivity (Wildman–Crippen MR) is 93.6 cm³/mol. The molecule has 0 unspecified atom stereocenters. The highest BCUT2D eigenvalue weighted by Gasteiger charge is 2.36. The van der Waals surface area contributed by atoms with Crippen molar-refractivity contribution in [2.45, 2.75) is 32.6 Å². The fraction of sp³-hybridized carbons (Fsp3) is 0.444. The molecule has 0 spiro atoms. The van der Waals surface area contributed by atoms with Gasteiger partial charge in [-0.1, -0.05) is 24.3 Å². The monoisotopic (exact) mass is 365 g/mol. The molecule has 140 valence electrons. The molecule has 0 saturated heterocycles. The van der Waals surface area contributed by atoms with E-state index in [2.05, 4.69) is 32.4 Å². The van der Waals surface area contributed by atoms with E-state index in [1.807, 2.05) is 19.1 Å². The highest BCUT2D eigenvalue weighted by molar-refractivity contribution is 5.80. The van der Waals surface area contributed by atoms with E-state index in [1.165, 1.54) is 29.1 Å². The molecule has 26 heavy (non-hydrogen) atoms. The molecule has 1 aliphatic rings. The Labute approximate surface area is 150 Å². The molecule has 8 heteroatoms. The molecule has 0 radical (unpaired) electrons.